The van der Waals surface area contributed by atoms with Crippen molar-refractivity contribution < 1.29 is 4.79 Å². The predicted molar refractivity (Wildman–Crippen MR) is 59.8 cm³/mol. The number of hydrogen-bond donors (Lipinski definition) is 2. The monoisotopic (exact) mass is 286 g/mol. The zero-order valence-corrected chi connectivity index (χ0v) is 8.83. The first-order chi connectivity index (χ1) is 6.31. The van der Waals surface area contributed by atoms with E-state index in [1.54, 1.807) is 0 Å². The highest BCUT2D eigenvalue weighted by atomic mass is 127. The van der Waals surface area contributed by atoms with E-state index in [0.29, 0.717) is 5.56 Å². The first-order valence-corrected chi connectivity index (χ1v) is 4.87. The summed E-state index contributed by atoms with van der Waals surface area (Å²) >= 11 is 1.83. The van der Waals surface area contributed by atoms with Gasteiger partial charge in [0.1, 0.15) is 0 Å². The van der Waals surface area contributed by atoms with E-state index in [1.165, 1.54) is 0 Å². The molecule has 2 N–H and O–H groups in total. The van der Waals surface area contributed by atoms with Gasteiger partial charge >= 0.3 is 0 Å². The minimum absolute atomic E-state index is 0.0721. The lowest BCUT2D eigenvalue weighted by Gasteiger charge is -1.97. The SMILES string of the molecule is O=C(NI)c1ccc2cc[nH]c2c1. The molecule has 0 fully saturated rings. The van der Waals surface area contributed by atoms with Gasteiger partial charge in [0.25, 0.3) is 5.91 Å². The Balaban J connectivity index is 2.54. The van der Waals surface area contributed by atoms with Gasteiger partial charge in [-0.2, -0.15) is 0 Å². The van der Waals surface area contributed by atoms with Crippen LogP contribution in [-0.4, -0.2) is 10.9 Å². The van der Waals surface area contributed by atoms with E-state index in [4.69, 9.17) is 0 Å². The highest BCUT2D eigenvalue weighted by Crippen LogP contribution is 2.14. The minimum atomic E-state index is -0.0721. The summed E-state index contributed by atoms with van der Waals surface area (Å²) in [6, 6.07) is 7.54. The van der Waals surface area contributed by atoms with Crippen LogP contribution in [0.15, 0.2) is 30.5 Å². The van der Waals surface area contributed by atoms with Gasteiger partial charge in [-0.25, -0.2) is 0 Å². The van der Waals surface area contributed by atoms with Crippen molar-refractivity contribution in [1.29, 1.82) is 0 Å². The maximum atomic E-state index is 11.2. The molecule has 0 aliphatic heterocycles. The van der Waals surface area contributed by atoms with Crippen molar-refractivity contribution in [3.63, 3.8) is 0 Å². The lowest BCUT2D eigenvalue weighted by Crippen LogP contribution is -2.11. The quantitative estimate of drug-likeness (QED) is 0.613. The molecule has 1 aromatic heterocycles. The fraction of sp³-hybridized carbons (Fsp3) is 0. The van der Waals surface area contributed by atoms with Gasteiger partial charge in [0.15, 0.2) is 0 Å². The Kier molecular flexibility index (Phi) is 2.22. The number of hydrogen-bond acceptors (Lipinski definition) is 1. The third-order valence-corrected chi connectivity index (χ3v) is 2.39. The van der Waals surface area contributed by atoms with Crippen LogP contribution < -0.4 is 3.53 Å². The number of rotatable bonds is 1. The molecule has 0 saturated heterocycles. The molecule has 1 aromatic carbocycles. The second-order valence-corrected chi connectivity index (χ2v) is 3.24. The van der Waals surface area contributed by atoms with E-state index in [0.717, 1.165) is 10.9 Å². The average Bonchev–Trinajstić information content (AvgIpc) is 2.63. The van der Waals surface area contributed by atoms with Crippen molar-refractivity contribution in [2.75, 3.05) is 0 Å². The van der Waals surface area contributed by atoms with Crippen LogP contribution in [0.4, 0.5) is 0 Å². The third kappa shape index (κ3) is 1.53. The molecular weight excluding hydrogens is 279 g/mol. The highest BCUT2D eigenvalue weighted by molar-refractivity contribution is 14.1. The van der Waals surface area contributed by atoms with Gasteiger partial charge in [-0.3, -0.25) is 8.32 Å². The molecule has 0 bridgehead atoms. The summed E-state index contributed by atoms with van der Waals surface area (Å²) in [4.78, 5) is 14.3. The third-order valence-electron chi connectivity index (χ3n) is 1.90. The molecule has 0 atom stereocenters. The topological polar surface area (TPSA) is 44.9 Å². The Labute approximate surface area is 89.0 Å². The van der Waals surface area contributed by atoms with Crippen LogP contribution in [-0.2, 0) is 0 Å². The summed E-state index contributed by atoms with van der Waals surface area (Å²) in [7, 11) is 0. The molecule has 2 aromatic rings. The fourth-order valence-electron chi connectivity index (χ4n) is 1.24. The normalized spacial score (nSPS) is 10.2. The van der Waals surface area contributed by atoms with E-state index in [2.05, 4.69) is 8.51 Å². The fourth-order valence-corrected chi connectivity index (χ4v) is 1.56. The predicted octanol–water partition coefficient (Wildman–Crippen LogP) is 2.25. The van der Waals surface area contributed by atoms with Crippen molar-refractivity contribution in [1.82, 2.24) is 8.51 Å². The number of aromatic nitrogens is 1. The Morgan fingerprint density at radius 2 is 2.23 bits per heavy atom. The zero-order chi connectivity index (χ0) is 9.26. The van der Waals surface area contributed by atoms with Crippen LogP contribution in [0.25, 0.3) is 10.9 Å². The average molecular weight is 286 g/mol. The molecular formula is C9H7IN2O. The number of aromatic amines is 1. The number of H-pyrrole nitrogens is 1. The molecule has 0 unspecified atom stereocenters. The molecule has 0 saturated carbocycles. The van der Waals surface area contributed by atoms with Crippen molar-refractivity contribution in [3.05, 3.63) is 36.0 Å². The number of carbonyl (C=O) groups is 1. The second-order valence-electron chi connectivity index (χ2n) is 2.70. The number of nitrogens with one attached hydrogen (secondary N) is 2. The van der Waals surface area contributed by atoms with Crippen molar-refractivity contribution in [2.24, 2.45) is 0 Å². The Hall–Kier alpha value is -1.04. The second kappa shape index (κ2) is 3.37. The van der Waals surface area contributed by atoms with Crippen molar-refractivity contribution in [2.45, 2.75) is 0 Å². The molecule has 0 aliphatic rings. The molecule has 4 heteroatoms. The molecule has 1 heterocycles. The summed E-state index contributed by atoms with van der Waals surface area (Å²) in [6.07, 6.45) is 1.86. The smallest absolute Gasteiger partial charge is 0.259 e. The lowest BCUT2D eigenvalue weighted by atomic mass is 10.1. The molecule has 0 spiro atoms. The van der Waals surface area contributed by atoms with E-state index in [1.807, 2.05) is 53.3 Å². The number of carbonyl (C=O) groups excluding carboxylic acids is 1. The van der Waals surface area contributed by atoms with Gasteiger partial charge in [0.2, 0.25) is 0 Å². The van der Waals surface area contributed by atoms with Crippen LogP contribution in [0.5, 0.6) is 0 Å². The van der Waals surface area contributed by atoms with Gasteiger partial charge in [0, 0.05) is 17.3 Å². The summed E-state index contributed by atoms with van der Waals surface area (Å²) in [5, 5.41) is 1.12. The maximum absolute atomic E-state index is 11.2. The van der Waals surface area contributed by atoms with Crippen LogP contribution in [0.3, 0.4) is 0 Å². The van der Waals surface area contributed by atoms with Gasteiger partial charge in [-0.05, 0) is 23.6 Å². The first-order valence-electron chi connectivity index (χ1n) is 3.79. The van der Waals surface area contributed by atoms with Crippen LogP contribution in [0.2, 0.25) is 0 Å². The minimum Gasteiger partial charge on any atom is -0.361 e. The summed E-state index contributed by atoms with van der Waals surface area (Å²) in [6.45, 7) is 0. The van der Waals surface area contributed by atoms with E-state index < -0.39 is 0 Å². The van der Waals surface area contributed by atoms with E-state index in [-0.39, 0.29) is 5.91 Å². The number of amides is 1. The van der Waals surface area contributed by atoms with Crippen molar-refractivity contribution in [3.8, 4) is 0 Å². The molecule has 66 valence electrons. The van der Waals surface area contributed by atoms with Crippen LogP contribution >= 0.6 is 22.9 Å². The maximum Gasteiger partial charge on any atom is 0.259 e. The first kappa shape index (κ1) is 8.55. The molecule has 2 rings (SSSR count). The van der Waals surface area contributed by atoms with Gasteiger partial charge in [-0.1, -0.05) is 6.07 Å². The lowest BCUT2D eigenvalue weighted by molar-refractivity contribution is 0.0990. The summed E-state index contributed by atoms with van der Waals surface area (Å²) in [5.41, 5.74) is 1.65. The summed E-state index contributed by atoms with van der Waals surface area (Å²) in [5.74, 6) is -0.0721. The molecule has 13 heavy (non-hydrogen) atoms. The molecule has 0 radical (unpaired) electrons. The number of benzene rings is 1. The van der Waals surface area contributed by atoms with E-state index >= 15 is 0 Å². The van der Waals surface area contributed by atoms with Crippen LogP contribution in [0, 0.1) is 0 Å². The number of fused-ring (bicyclic) bond motifs is 1. The Morgan fingerprint density at radius 3 is 3.00 bits per heavy atom. The standard InChI is InChI=1S/C9H7IN2O/c10-12-9(13)7-2-1-6-3-4-11-8(6)5-7/h1-5,11H,(H,12,13). The Morgan fingerprint density at radius 1 is 1.38 bits per heavy atom. The van der Waals surface area contributed by atoms with E-state index in [9.17, 15) is 4.79 Å². The highest BCUT2D eigenvalue weighted by Gasteiger charge is 2.03. The summed E-state index contributed by atoms with van der Waals surface area (Å²) < 4.78 is 2.56. The molecule has 0 aliphatic carbocycles. The largest absolute Gasteiger partial charge is 0.361 e. The van der Waals surface area contributed by atoms with Crippen LogP contribution in [0.1, 0.15) is 10.4 Å². The van der Waals surface area contributed by atoms with Crippen molar-refractivity contribution >= 4 is 39.7 Å². The number of halogens is 1. The molecule has 3 nitrogen and oxygen atoms in total. The van der Waals surface area contributed by atoms with Gasteiger partial charge < -0.3 is 4.98 Å². The Bertz CT molecular complexity index is 450. The van der Waals surface area contributed by atoms with Gasteiger partial charge in [0.05, 0.1) is 22.9 Å². The molecule has 1 amide bonds. The van der Waals surface area contributed by atoms with Gasteiger partial charge in [-0.15, -0.1) is 0 Å². The zero-order valence-electron chi connectivity index (χ0n) is 6.67.